The van der Waals surface area contributed by atoms with E-state index in [-0.39, 0.29) is 29.7 Å². The van der Waals surface area contributed by atoms with Crippen molar-refractivity contribution in [3.8, 4) is 11.5 Å². The number of nitrogens with one attached hydrogen (secondary N) is 1. The standard InChI is InChI=1S/C23H25N3O4/c1-15(2)23(16-7-8-20-21(13-16)30-12-11-29-20)25-22(28)9-10-26-18-6-4-3-5-17(18)19(27)14-24-26/h3-8,13-15,23H,9-12H2,1-2H3,(H,25,28)/t23-/m0/s1. The molecule has 1 aromatic heterocycles. The Bertz CT molecular complexity index is 1120. The molecule has 0 aliphatic carbocycles. The summed E-state index contributed by atoms with van der Waals surface area (Å²) in [6.45, 7) is 5.59. The molecular weight excluding hydrogens is 382 g/mol. The highest BCUT2D eigenvalue weighted by Crippen LogP contribution is 2.34. The van der Waals surface area contributed by atoms with Crippen LogP contribution in [-0.4, -0.2) is 28.9 Å². The van der Waals surface area contributed by atoms with Gasteiger partial charge in [-0.3, -0.25) is 14.3 Å². The van der Waals surface area contributed by atoms with Crippen LogP contribution in [0.2, 0.25) is 0 Å². The number of carbonyl (C=O) groups excluding carboxylic acids is 1. The van der Waals surface area contributed by atoms with Crippen molar-refractivity contribution in [3.05, 3.63) is 64.4 Å². The minimum Gasteiger partial charge on any atom is -0.486 e. The molecule has 7 heteroatoms. The third kappa shape index (κ3) is 4.15. The average Bonchev–Trinajstić information content (AvgIpc) is 2.76. The van der Waals surface area contributed by atoms with Crippen LogP contribution in [0.15, 0.2) is 53.5 Å². The number of benzene rings is 2. The van der Waals surface area contributed by atoms with Crippen LogP contribution in [-0.2, 0) is 11.3 Å². The van der Waals surface area contributed by atoms with Gasteiger partial charge in [0.2, 0.25) is 11.3 Å². The van der Waals surface area contributed by atoms with Gasteiger partial charge in [0.25, 0.3) is 0 Å². The smallest absolute Gasteiger partial charge is 0.222 e. The predicted octanol–water partition coefficient (Wildman–Crippen LogP) is 3.07. The van der Waals surface area contributed by atoms with Crippen molar-refractivity contribution in [1.82, 2.24) is 15.1 Å². The lowest BCUT2D eigenvalue weighted by Gasteiger charge is -2.25. The van der Waals surface area contributed by atoms with Gasteiger partial charge >= 0.3 is 0 Å². The number of carbonyl (C=O) groups is 1. The summed E-state index contributed by atoms with van der Waals surface area (Å²) in [5.74, 6) is 1.56. The summed E-state index contributed by atoms with van der Waals surface area (Å²) in [4.78, 5) is 24.7. The van der Waals surface area contributed by atoms with E-state index in [4.69, 9.17) is 9.47 Å². The summed E-state index contributed by atoms with van der Waals surface area (Å²) in [6.07, 6.45) is 1.56. The lowest BCUT2D eigenvalue weighted by Crippen LogP contribution is -2.32. The topological polar surface area (TPSA) is 82.5 Å². The van der Waals surface area contributed by atoms with Gasteiger partial charge in [-0.2, -0.15) is 5.10 Å². The first-order chi connectivity index (χ1) is 14.5. The molecule has 156 valence electrons. The van der Waals surface area contributed by atoms with Crippen molar-refractivity contribution < 1.29 is 14.3 Å². The summed E-state index contributed by atoms with van der Waals surface area (Å²) < 4.78 is 13.0. The number of nitrogens with zero attached hydrogens (tertiary/aromatic N) is 2. The molecule has 0 bridgehead atoms. The Balaban J connectivity index is 1.47. The Morgan fingerprint density at radius 3 is 2.70 bits per heavy atom. The van der Waals surface area contributed by atoms with Crippen molar-refractivity contribution in [2.24, 2.45) is 5.92 Å². The Hall–Kier alpha value is -3.35. The Kier molecular flexibility index (Phi) is 5.70. The van der Waals surface area contributed by atoms with Gasteiger partial charge in [-0.15, -0.1) is 0 Å². The summed E-state index contributed by atoms with van der Waals surface area (Å²) in [5.41, 5.74) is 1.59. The van der Waals surface area contributed by atoms with Crippen LogP contribution in [0.25, 0.3) is 10.9 Å². The van der Waals surface area contributed by atoms with Gasteiger partial charge in [0.15, 0.2) is 11.5 Å². The molecule has 0 spiro atoms. The summed E-state index contributed by atoms with van der Waals surface area (Å²) >= 11 is 0. The number of hydrogen-bond acceptors (Lipinski definition) is 5. The minimum atomic E-state index is -0.146. The van der Waals surface area contributed by atoms with E-state index in [1.54, 1.807) is 10.7 Å². The van der Waals surface area contributed by atoms with E-state index in [9.17, 15) is 9.59 Å². The van der Waals surface area contributed by atoms with Crippen LogP contribution < -0.4 is 20.2 Å². The van der Waals surface area contributed by atoms with Crippen molar-refractivity contribution in [2.45, 2.75) is 32.9 Å². The number of ether oxygens (including phenoxy) is 2. The molecule has 2 aromatic carbocycles. The van der Waals surface area contributed by atoms with E-state index >= 15 is 0 Å². The fourth-order valence-electron chi connectivity index (χ4n) is 3.68. The fourth-order valence-corrected chi connectivity index (χ4v) is 3.68. The van der Waals surface area contributed by atoms with Crippen LogP contribution in [0.3, 0.4) is 0 Å². The van der Waals surface area contributed by atoms with Crippen LogP contribution >= 0.6 is 0 Å². The second-order valence-corrected chi connectivity index (χ2v) is 7.69. The first kappa shape index (κ1) is 19.9. The molecule has 4 rings (SSSR count). The van der Waals surface area contributed by atoms with E-state index in [1.165, 1.54) is 6.20 Å². The molecule has 0 saturated heterocycles. The quantitative estimate of drug-likeness (QED) is 0.679. The summed E-state index contributed by atoms with van der Waals surface area (Å²) in [7, 11) is 0. The zero-order chi connectivity index (χ0) is 21.1. The highest BCUT2D eigenvalue weighted by molar-refractivity contribution is 5.79. The van der Waals surface area contributed by atoms with E-state index < -0.39 is 0 Å². The lowest BCUT2D eigenvalue weighted by molar-refractivity contribution is -0.122. The minimum absolute atomic E-state index is 0.0758. The van der Waals surface area contributed by atoms with Gasteiger partial charge in [0, 0.05) is 11.8 Å². The zero-order valence-corrected chi connectivity index (χ0v) is 17.1. The third-order valence-electron chi connectivity index (χ3n) is 5.22. The maximum absolute atomic E-state index is 12.7. The Morgan fingerprint density at radius 1 is 1.13 bits per heavy atom. The molecule has 3 aromatic rings. The van der Waals surface area contributed by atoms with Gasteiger partial charge in [-0.1, -0.05) is 32.0 Å². The van der Waals surface area contributed by atoms with E-state index in [1.807, 2.05) is 36.4 Å². The number of hydrogen-bond donors (Lipinski definition) is 1. The lowest BCUT2D eigenvalue weighted by atomic mass is 9.95. The Morgan fingerprint density at radius 2 is 1.90 bits per heavy atom. The maximum atomic E-state index is 12.7. The predicted molar refractivity (Wildman–Crippen MR) is 114 cm³/mol. The molecule has 1 amide bonds. The van der Waals surface area contributed by atoms with Gasteiger partial charge < -0.3 is 14.8 Å². The third-order valence-corrected chi connectivity index (χ3v) is 5.22. The van der Waals surface area contributed by atoms with Gasteiger partial charge in [0.1, 0.15) is 13.2 Å². The van der Waals surface area contributed by atoms with Crippen molar-refractivity contribution in [1.29, 1.82) is 0 Å². The largest absolute Gasteiger partial charge is 0.486 e. The van der Waals surface area contributed by atoms with Crippen molar-refractivity contribution in [3.63, 3.8) is 0 Å². The number of fused-ring (bicyclic) bond motifs is 2. The molecule has 0 radical (unpaired) electrons. The molecule has 2 heterocycles. The number of para-hydroxylation sites is 1. The average molecular weight is 407 g/mol. The van der Waals surface area contributed by atoms with Gasteiger partial charge in [0.05, 0.1) is 24.3 Å². The van der Waals surface area contributed by atoms with Crippen molar-refractivity contribution >= 4 is 16.8 Å². The molecule has 30 heavy (non-hydrogen) atoms. The fraction of sp³-hybridized carbons (Fsp3) is 0.348. The molecule has 1 atom stereocenters. The molecule has 1 aliphatic rings. The first-order valence-electron chi connectivity index (χ1n) is 10.2. The summed E-state index contributed by atoms with van der Waals surface area (Å²) in [5, 5.41) is 7.92. The van der Waals surface area contributed by atoms with Crippen LogP contribution in [0.1, 0.15) is 31.9 Å². The van der Waals surface area contributed by atoms with Crippen LogP contribution in [0, 0.1) is 5.92 Å². The molecule has 0 fully saturated rings. The maximum Gasteiger partial charge on any atom is 0.222 e. The number of aryl methyl sites for hydroxylation is 1. The second-order valence-electron chi connectivity index (χ2n) is 7.69. The Labute approximate surface area is 174 Å². The van der Waals surface area contributed by atoms with Crippen LogP contribution in [0.5, 0.6) is 11.5 Å². The first-order valence-corrected chi connectivity index (χ1v) is 10.2. The van der Waals surface area contributed by atoms with E-state index in [2.05, 4.69) is 24.3 Å². The zero-order valence-electron chi connectivity index (χ0n) is 17.1. The van der Waals surface area contributed by atoms with Crippen LogP contribution in [0.4, 0.5) is 0 Å². The van der Waals surface area contributed by atoms with E-state index in [0.717, 1.165) is 16.8 Å². The second kappa shape index (κ2) is 8.57. The number of amides is 1. The summed E-state index contributed by atoms with van der Waals surface area (Å²) in [6, 6.07) is 12.9. The highest BCUT2D eigenvalue weighted by Gasteiger charge is 2.21. The van der Waals surface area contributed by atoms with E-state index in [0.29, 0.717) is 30.9 Å². The molecule has 1 N–H and O–H groups in total. The van der Waals surface area contributed by atoms with Gasteiger partial charge in [-0.25, -0.2) is 0 Å². The van der Waals surface area contributed by atoms with Gasteiger partial charge in [-0.05, 0) is 35.7 Å². The highest BCUT2D eigenvalue weighted by atomic mass is 16.6. The molecular formula is C23H25N3O4. The SMILES string of the molecule is CC(C)[C@H](NC(=O)CCn1ncc(=O)c2ccccc21)c1ccc2c(c1)OCCO2. The normalized spacial score (nSPS) is 14.0. The molecule has 7 nitrogen and oxygen atoms in total. The molecule has 0 unspecified atom stereocenters. The van der Waals surface area contributed by atoms with Crippen molar-refractivity contribution in [2.75, 3.05) is 13.2 Å². The molecule has 0 saturated carbocycles. The monoisotopic (exact) mass is 407 g/mol. The number of aromatic nitrogens is 2. The molecule has 1 aliphatic heterocycles. The number of rotatable bonds is 6.